The predicted molar refractivity (Wildman–Crippen MR) is 82.6 cm³/mol. The molecule has 2 nitrogen and oxygen atoms in total. The van der Waals surface area contributed by atoms with Crippen LogP contribution in [0.4, 0.5) is 0 Å². The van der Waals surface area contributed by atoms with Crippen LogP contribution in [0.1, 0.15) is 42.9 Å². The summed E-state index contributed by atoms with van der Waals surface area (Å²) in [4.78, 5) is 2.34. The van der Waals surface area contributed by atoms with Crippen molar-refractivity contribution in [3.8, 4) is 0 Å². The summed E-state index contributed by atoms with van der Waals surface area (Å²) in [5.74, 6) is 2.86. The Morgan fingerprint density at radius 2 is 2.05 bits per heavy atom. The molecule has 0 saturated heterocycles. The summed E-state index contributed by atoms with van der Waals surface area (Å²) in [6.07, 6.45) is 5.45. The molecule has 1 N–H and O–H groups in total. The maximum Gasteiger partial charge on any atom is 0.0919 e. The van der Waals surface area contributed by atoms with Crippen LogP contribution in [0.5, 0.6) is 0 Å². The van der Waals surface area contributed by atoms with Crippen LogP contribution in [-0.4, -0.2) is 30.1 Å². The van der Waals surface area contributed by atoms with Gasteiger partial charge in [0.1, 0.15) is 0 Å². The number of aliphatic hydroxyl groups is 1. The van der Waals surface area contributed by atoms with Gasteiger partial charge in [0.25, 0.3) is 0 Å². The standard InChI is InChI=1S/C18H27NO/c1-13-5-3-4-6-17(13)18(20)12-19(2)11-16-10-14-7-8-15(16)9-14/h3-6,14-16,18,20H,7-12H2,1-2H3. The molecule has 0 aromatic heterocycles. The van der Waals surface area contributed by atoms with Crippen LogP contribution in [0.2, 0.25) is 0 Å². The minimum Gasteiger partial charge on any atom is -0.387 e. The normalized spacial score (nSPS) is 30.1. The van der Waals surface area contributed by atoms with Crippen LogP contribution in [0.3, 0.4) is 0 Å². The van der Waals surface area contributed by atoms with Gasteiger partial charge < -0.3 is 10.0 Å². The van der Waals surface area contributed by atoms with Gasteiger partial charge in [0.05, 0.1) is 6.10 Å². The number of rotatable bonds is 5. The molecule has 0 aliphatic heterocycles. The first-order valence-electron chi connectivity index (χ1n) is 8.05. The number of nitrogens with zero attached hydrogens (tertiary/aromatic N) is 1. The van der Waals surface area contributed by atoms with Gasteiger partial charge in [-0.15, -0.1) is 0 Å². The fourth-order valence-corrected chi connectivity index (χ4v) is 4.43. The van der Waals surface area contributed by atoms with Gasteiger partial charge in [-0.05, 0) is 62.1 Å². The van der Waals surface area contributed by atoms with E-state index >= 15 is 0 Å². The largest absolute Gasteiger partial charge is 0.387 e. The summed E-state index contributed by atoms with van der Waals surface area (Å²) in [7, 11) is 2.16. The lowest BCUT2D eigenvalue weighted by molar-refractivity contribution is 0.110. The Labute approximate surface area is 122 Å². The number of aliphatic hydroxyl groups excluding tert-OH is 1. The smallest absolute Gasteiger partial charge is 0.0919 e. The monoisotopic (exact) mass is 273 g/mol. The highest BCUT2D eigenvalue weighted by atomic mass is 16.3. The van der Waals surface area contributed by atoms with E-state index < -0.39 is 0 Å². The van der Waals surface area contributed by atoms with Crippen LogP contribution in [0.25, 0.3) is 0 Å². The van der Waals surface area contributed by atoms with Crippen molar-refractivity contribution in [1.82, 2.24) is 4.90 Å². The predicted octanol–water partition coefficient (Wildman–Crippen LogP) is 3.40. The zero-order valence-electron chi connectivity index (χ0n) is 12.8. The van der Waals surface area contributed by atoms with Crippen molar-refractivity contribution >= 4 is 0 Å². The van der Waals surface area contributed by atoms with E-state index in [1.54, 1.807) is 0 Å². The summed E-state index contributed by atoms with van der Waals surface area (Å²) in [5.41, 5.74) is 2.26. The fraction of sp³-hybridized carbons (Fsp3) is 0.667. The third kappa shape index (κ3) is 2.91. The van der Waals surface area contributed by atoms with Crippen molar-refractivity contribution in [2.24, 2.45) is 17.8 Å². The highest BCUT2D eigenvalue weighted by Crippen LogP contribution is 2.48. The number of hydrogen-bond acceptors (Lipinski definition) is 2. The quantitative estimate of drug-likeness (QED) is 0.889. The van der Waals surface area contributed by atoms with Crippen LogP contribution >= 0.6 is 0 Å². The van der Waals surface area contributed by atoms with Crippen LogP contribution in [0, 0.1) is 24.7 Å². The lowest BCUT2D eigenvalue weighted by atomic mass is 9.88. The first-order valence-corrected chi connectivity index (χ1v) is 8.05. The Morgan fingerprint density at radius 3 is 2.70 bits per heavy atom. The molecule has 2 aliphatic rings. The second-order valence-electron chi connectivity index (χ2n) is 7.03. The molecular weight excluding hydrogens is 246 g/mol. The van der Waals surface area contributed by atoms with Crippen molar-refractivity contribution in [2.75, 3.05) is 20.1 Å². The van der Waals surface area contributed by atoms with E-state index in [-0.39, 0.29) is 6.10 Å². The average molecular weight is 273 g/mol. The number of hydrogen-bond donors (Lipinski definition) is 1. The molecule has 4 atom stereocenters. The molecule has 2 aliphatic carbocycles. The molecule has 0 radical (unpaired) electrons. The molecule has 0 amide bonds. The first-order chi connectivity index (χ1) is 9.63. The van der Waals surface area contributed by atoms with E-state index in [1.165, 1.54) is 31.2 Å². The summed E-state index contributed by atoms with van der Waals surface area (Å²) < 4.78 is 0. The van der Waals surface area contributed by atoms with E-state index in [0.29, 0.717) is 0 Å². The van der Waals surface area contributed by atoms with Gasteiger partial charge in [0.2, 0.25) is 0 Å². The minimum absolute atomic E-state index is 0.361. The molecule has 1 aromatic carbocycles. The summed E-state index contributed by atoms with van der Waals surface area (Å²) in [5, 5.41) is 10.4. The van der Waals surface area contributed by atoms with Gasteiger partial charge in [-0.25, -0.2) is 0 Å². The van der Waals surface area contributed by atoms with Crippen molar-refractivity contribution in [3.63, 3.8) is 0 Å². The Balaban J connectivity index is 1.54. The van der Waals surface area contributed by atoms with Gasteiger partial charge in [-0.2, -0.15) is 0 Å². The maximum atomic E-state index is 10.4. The third-order valence-corrected chi connectivity index (χ3v) is 5.46. The third-order valence-electron chi connectivity index (χ3n) is 5.46. The molecule has 3 rings (SSSR count). The van der Waals surface area contributed by atoms with E-state index in [2.05, 4.69) is 24.9 Å². The molecular formula is C18H27NO. The molecule has 2 fully saturated rings. The molecule has 20 heavy (non-hydrogen) atoms. The van der Waals surface area contributed by atoms with Crippen LogP contribution in [0.15, 0.2) is 24.3 Å². The topological polar surface area (TPSA) is 23.5 Å². The van der Waals surface area contributed by atoms with Crippen LogP contribution in [-0.2, 0) is 0 Å². The summed E-state index contributed by atoms with van der Waals surface area (Å²) in [6, 6.07) is 8.17. The SMILES string of the molecule is Cc1ccccc1C(O)CN(C)CC1CC2CCC1C2. The van der Waals surface area contributed by atoms with Crippen molar-refractivity contribution in [2.45, 2.75) is 38.7 Å². The van der Waals surface area contributed by atoms with Gasteiger partial charge in [0, 0.05) is 13.1 Å². The number of likely N-dealkylation sites (N-methyl/N-ethyl adjacent to an activating group) is 1. The van der Waals surface area contributed by atoms with Crippen molar-refractivity contribution in [1.29, 1.82) is 0 Å². The van der Waals surface area contributed by atoms with E-state index in [1.807, 2.05) is 18.2 Å². The molecule has 0 spiro atoms. The molecule has 2 saturated carbocycles. The van der Waals surface area contributed by atoms with E-state index in [0.717, 1.165) is 36.4 Å². The molecule has 1 aromatic rings. The van der Waals surface area contributed by atoms with Crippen LogP contribution < -0.4 is 0 Å². The Morgan fingerprint density at radius 1 is 1.25 bits per heavy atom. The lowest BCUT2D eigenvalue weighted by Gasteiger charge is -2.28. The number of aryl methyl sites for hydroxylation is 1. The zero-order valence-corrected chi connectivity index (χ0v) is 12.8. The molecule has 2 heteroatoms. The highest BCUT2D eigenvalue weighted by molar-refractivity contribution is 5.27. The lowest BCUT2D eigenvalue weighted by Crippen LogP contribution is -2.32. The highest BCUT2D eigenvalue weighted by Gasteiger charge is 2.39. The molecule has 2 bridgehead atoms. The van der Waals surface area contributed by atoms with E-state index in [4.69, 9.17) is 0 Å². The second-order valence-corrected chi connectivity index (χ2v) is 7.03. The molecule has 110 valence electrons. The summed E-state index contributed by atoms with van der Waals surface area (Å²) in [6.45, 7) is 3.98. The minimum atomic E-state index is -0.361. The Hall–Kier alpha value is -0.860. The van der Waals surface area contributed by atoms with Gasteiger partial charge in [-0.1, -0.05) is 30.7 Å². The van der Waals surface area contributed by atoms with Crippen molar-refractivity contribution in [3.05, 3.63) is 35.4 Å². The Kier molecular flexibility index (Phi) is 4.13. The van der Waals surface area contributed by atoms with Gasteiger partial charge in [-0.3, -0.25) is 0 Å². The fourth-order valence-electron chi connectivity index (χ4n) is 4.43. The number of benzene rings is 1. The maximum absolute atomic E-state index is 10.4. The second kappa shape index (κ2) is 5.87. The zero-order chi connectivity index (χ0) is 14.1. The molecule has 4 unspecified atom stereocenters. The Bertz CT molecular complexity index is 458. The summed E-state index contributed by atoms with van der Waals surface area (Å²) >= 11 is 0. The van der Waals surface area contributed by atoms with Gasteiger partial charge >= 0.3 is 0 Å². The van der Waals surface area contributed by atoms with Crippen molar-refractivity contribution < 1.29 is 5.11 Å². The number of fused-ring (bicyclic) bond motifs is 2. The average Bonchev–Trinajstić information content (AvgIpc) is 3.01. The first kappa shape index (κ1) is 14.1. The van der Waals surface area contributed by atoms with Gasteiger partial charge in [0.15, 0.2) is 0 Å². The van der Waals surface area contributed by atoms with E-state index in [9.17, 15) is 5.11 Å². The molecule has 0 heterocycles.